The molecule has 1 fully saturated rings. The molecule has 0 N–H and O–H groups in total. The van der Waals surface area contributed by atoms with Crippen LogP contribution in [-0.4, -0.2) is 6.40 Å². The van der Waals surface area contributed by atoms with Crippen LogP contribution in [0.2, 0.25) is 5.02 Å². The lowest BCUT2D eigenvalue weighted by Gasteiger charge is -2.32. The molecule has 0 radical (unpaired) electrons. The second-order valence-electron chi connectivity index (χ2n) is 5.80. The van der Waals surface area contributed by atoms with Crippen molar-refractivity contribution in [2.45, 2.75) is 31.3 Å². The third-order valence-corrected chi connectivity index (χ3v) is 4.76. The van der Waals surface area contributed by atoms with Crippen LogP contribution in [0.4, 0.5) is 5.69 Å². The van der Waals surface area contributed by atoms with Gasteiger partial charge in [0.25, 0.3) is 0 Å². The molecule has 21 heavy (non-hydrogen) atoms. The third-order valence-electron chi connectivity index (χ3n) is 4.53. The van der Waals surface area contributed by atoms with Crippen LogP contribution in [0.25, 0.3) is 11.1 Å². The maximum Gasteiger partial charge on any atom is 0.175 e. The lowest BCUT2D eigenvalue weighted by molar-refractivity contribution is 0.0655. The van der Waals surface area contributed by atoms with E-state index in [1.807, 2.05) is 18.2 Å². The van der Waals surface area contributed by atoms with Crippen molar-refractivity contribution in [1.82, 2.24) is 0 Å². The molecule has 1 heterocycles. The molecule has 0 amide bonds. The second kappa shape index (κ2) is 4.88. The molecule has 1 aliphatic heterocycles. The zero-order chi connectivity index (χ0) is 14.3. The van der Waals surface area contributed by atoms with Crippen molar-refractivity contribution >= 4 is 23.7 Å². The largest absolute Gasteiger partial charge is 0.472 e. The molecule has 0 unspecified atom stereocenters. The number of benzene rings is 2. The molecule has 0 aromatic heterocycles. The van der Waals surface area contributed by atoms with Crippen molar-refractivity contribution in [1.29, 1.82) is 0 Å². The normalized spacial score (nSPS) is 18.5. The molecule has 2 nitrogen and oxygen atoms in total. The molecule has 2 aromatic carbocycles. The number of nitrogens with zero attached hydrogens (tertiary/aromatic N) is 1. The van der Waals surface area contributed by atoms with Gasteiger partial charge in [-0.1, -0.05) is 29.8 Å². The fourth-order valence-electron chi connectivity index (χ4n) is 3.44. The Kier molecular flexibility index (Phi) is 3.00. The number of aliphatic imine (C=N–C) groups is 1. The molecular formula is C18H16ClNO. The Bertz CT molecular complexity index is 717. The van der Waals surface area contributed by atoms with Gasteiger partial charge in [-0.05, 0) is 61.1 Å². The van der Waals surface area contributed by atoms with Gasteiger partial charge in [-0.2, -0.15) is 0 Å². The summed E-state index contributed by atoms with van der Waals surface area (Å²) in [6.07, 6.45) is 6.20. The lowest BCUT2D eigenvalue weighted by Crippen LogP contribution is -2.27. The molecular weight excluding hydrogens is 282 g/mol. The summed E-state index contributed by atoms with van der Waals surface area (Å²) < 4.78 is 5.95. The maximum atomic E-state index is 6.11. The van der Waals surface area contributed by atoms with E-state index in [2.05, 4.69) is 29.3 Å². The molecule has 1 aliphatic carbocycles. The first kappa shape index (κ1) is 12.9. The fourth-order valence-corrected chi connectivity index (χ4v) is 3.63. The monoisotopic (exact) mass is 297 g/mol. The predicted octanol–water partition coefficient (Wildman–Crippen LogP) is 5.47. The zero-order valence-corrected chi connectivity index (χ0v) is 12.4. The van der Waals surface area contributed by atoms with E-state index < -0.39 is 0 Å². The highest BCUT2D eigenvalue weighted by Crippen LogP contribution is 2.48. The van der Waals surface area contributed by atoms with Crippen LogP contribution in [0.15, 0.2) is 47.5 Å². The molecule has 0 saturated heterocycles. The van der Waals surface area contributed by atoms with Crippen LogP contribution >= 0.6 is 11.6 Å². The maximum absolute atomic E-state index is 6.11. The number of halogens is 1. The Morgan fingerprint density at radius 2 is 1.81 bits per heavy atom. The van der Waals surface area contributed by atoms with Gasteiger partial charge in [0.1, 0.15) is 5.60 Å². The lowest BCUT2D eigenvalue weighted by atomic mass is 9.87. The number of hydrogen-bond acceptors (Lipinski definition) is 2. The molecule has 1 spiro atoms. The summed E-state index contributed by atoms with van der Waals surface area (Å²) in [5.74, 6) is 0. The first-order chi connectivity index (χ1) is 10.3. The first-order valence-electron chi connectivity index (χ1n) is 7.38. The van der Waals surface area contributed by atoms with Crippen molar-refractivity contribution in [2.75, 3.05) is 0 Å². The topological polar surface area (TPSA) is 21.6 Å². The van der Waals surface area contributed by atoms with Gasteiger partial charge >= 0.3 is 0 Å². The molecule has 0 bridgehead atoms. The van der Waals surface area contributed by atoms with Crippen molar-refractivity contribution < 1.29 is 4.74 Å². The van der Waals surface area contributed by atoms with Crippen molar-refractivity contribution in [2.24, 2.45) is 4.99 Å². The SMILES string of the molecule is Clc1cccc(-c2ccc3c(c2)C2(CCCC2)OC=N3)c1. The number of rotatable bonds is 1. The first-order valence-corrected chi connectivity index (χ1v) is 7.76. The van der Waals surface area contributed by atoms with Crippen molar-refractivity contribution in [3.63, 3.8) is 0 Å². The minimum atomic E-state index is -0.161. The number of ether oxygens (including phenoxy) is 1. The average molecular weight is 298 g/mol. The van der Waals surface area contributed by atoms with E-state index in [4.69, 9.17) is 16.3 Å². The Balaban J connectivity index is 1.84. The predicted molar refractivity (Wildman–Crippen MR) is 86.3 cm³/mol. The summed E-state index contributed by atoms with van der Waals surface area (Å²) in [7, 11) is 0. The molecule has 1 saturated carbocycles. The minimum Gasteiger partial charge on any atom is -0.472 e. The molecule has 2 aromatic rings. The van der Waals surface area contributed by atoms with Crippen LogP contribution in [0.1, 0.15) is 31.2 Å². The van der Waals surface area contributed by atoms with Gasteiger partial charge in [0.15, 0.2) is 6.40 Å². The van der Waals surface area contributed by atoms with Crippen LogP contribution < -0.4 is 0 Å². The van der Waals surface area contributed by atoms with Gasteiger partial charge in [-0.25, -0.2) is 4.99 Å². The van der Waals surface area contributed by atoms with Crippen LogP contribution in [0.5, 0.6) is 0 Å². The quantitative estimate of drug-likeness (QED) is 0.684. The van der Waals surface area contributed by atoms with E-state index in [1.54, 1.807) is 6.40 Å². The van der Waals surface area contributed by atoms with Crippen molar-refractivity contribution in [3.8, 4) is 11.1 Å². The Morgan fingerprint density at radius 3 is 2.62 bits per heavy atom. The van der Waals surface area contributed by atoms with Gasteiger partial charge < -0.3 is 4.74 Å². The Hall–Kier alpha value is -1.80. The molecule has 0 atom stereocenters. The van der Waals surface area contributed by atoms with Gasteiger partial charge in [0.2, 0.25) is 0 Å². The summed E-state index contributed by atoms with van der Waals surface area (Å²) in [4.78, 5) is 4.39. The average Bonchev–Trinajstić information content (AvgIpc) is 2.97. The Labute approximate surface area is 129 Å². The standard InChI is InChI=1S/C18H16ClNO/c19-15-5-3-4-13(10-15)14-6-7-17-16(11-14)18(21-12-20-17)8-1-2-9-18/h3-7,10-12H,1-2,8-9H2. The minimum absolute atomic E-state index is 0.161. The van der Waals surface area contributed by atoms with Crippen LogP contribution in [0.3, 0.4) is 0 Å². The van der Waals surface area contributed by atoms with Gasteiger partial charge in [-0.3, -0.25) is 0 Å². The smallest absolute Gasteiger partial charge is 0.175 e. The zero-order valence-electron chi connectivity index (χ0n) is 11.7. The summed E-state index contributed by atoms with van der Waals surface area (Å²) >= 11 is 6.11. The van der Waals surface area contributed by atoms with Crippen molar-refractivity contribution in [3.05, 3.63) is 53.1 Å². The fraction of sp³-hybridized carbons (Fsp3) is 0.278. The van der Waals surface area contributed by atoms with E-state index in [0.717, 1.165) is 29.1 Å². The van der Waals surface area contributed by atoms with Gasteiger partial charge in [0.05, 0.1) is 5.69 Å². The van der Waals surface area contributed by atoms with Crippen LogP contribution in [-0.2, 0) is 10.3 Å². The van der Waals surface area contributed by atoms with Gasteiger partial charge in [0, 0.05) is 10.6 Å². The summed E-state index contributed by atoms with van der Waals surface area (Å²) in [6, 6.07) is 14.4. The van der Waals surface area contributed by atoms with E-state index in [1.165, 1.54) is 24.0 Å². The molecule has 2 aliphatic rings. The number of hydrogen-bond donors (Lipinski definition) is 0. The highest BCUT2D eigenvalue weighted by atomic mass is 35.5. The highest BCUT2D eigenvalue weighted by molar-refractivity contribution is 6.30. The summed E-state index contributed by atoms with van der Waals surface area (Å²) in [5.41, 5.74) is 4.40. The van der Waals surface area contributed by atoms with Gasteiger partial charge in [-0.15, -0.1) is 0 Å². The second-order valence-corrected chi connectivity index (χ2v) is 6.23. The Morgan fingerprint density at radius 1 is 1.00 bits per heavy atom. The third kappa shape index (κ3) is 2.14. The van der Waals surface area contributed by atoms with E-state index in [0.29, 0.717) is 0 Å². The summed E-state index contributed by atoms with van der Waals surface area (Å²) in [5, 5.41) is 0.759. The van der Waals surface area contributed by atoms with Crippen LogP contribution in [0, 0.1) is 0 Å². The van der Waals surface area contributed by atoms with E-state index >= 15 is 0 Å². The molecule has 106 valence electrons. The van der Waals surface area contributed by atoms with E-state index in [9.17, 15) is 0 Å². The summed E-state index contributed by atoms with van der Waals surface area (Å²) in [6.45, 7) is 0. The molecule has 4 rings (SSSR count). The molecule has 3 heteroatoms. The highest BCUT2D eigenvalue weighted by Gasteiger charge is 2.40. The van der Waals surface area contributed by atoms with E-state index in [-0.39, 0.29) is 5.60 Å². The number of fused-ring (bicyclic) bond motifs is 2.